The first-order valence-electron chi connectivity index (χ1n) is 8.16. The van der Waals surface area contributed by atoms with Gasteiger partial charge in [-0.3, -0.25) is 4.79 Å². The number of aryl methyl sites for hydroxylation is 1. The minimum Gasteiger partial charge on any atom is -0.454 e. The minimum atomic E-state index is -0.270. The van der Waals surface area contributed by atoms with Crippen molar-refractivity contribution in [1.29, 1.82) is 0 Å². The van der Waals surface area contributed by atoms with Gasteiger partial charge in [0.25, 0.3) is 5.91 Å². The number of aromatic nitrogens is 2. The van der Waals surface area contributed by atoms with E-state index in [2.05, 4.69) is 10.4 Å². The molecule has 0 spiro atoms. The van der Waals surface area contributed by atoms with Crippen molar-refractivity contribution in [1.82, 2.24) is 9.78 Å². The summed E-state index contributed by atoms with van der Waals surface area (Å²) < 4.78 is 17.9. The van der Waals surface area contributed by atoms with Crippen LogP contribution in [0.3, 0.4) is 0 Å². The summed E-state index contributed by atoms with van der Waals surface area (Å²) in [5.74, 6) is 1.35. The number of ether oxygens (including phenoxy) is 3. The van der Waals surface area contributed by atoms with Gasteiger partial charge in [0.1, 0.15) is 5.82 Å². The van der Waals surface area contributed by atoms with Gasteiger partial charge in [-0.1, -0.05) is 11.6 Å². The van der Waals surface area contributed by atoms with Crippen molar-refractivity contribution in [3.63, 3.8) is 0 Å². The molecule has 8 heteroatoms. The zero-order chi connectivity index (χ0) is 17.4. The van der Waals surface area contributed by atoms with Gasteiger partial charge in [-0.05, 0) is 31.9 Å². The lowest BCUT2D eigenvalue weighted by atomic mass is 10.1. The lowest BCUT2D eigenvalue weighted by molar-refractivity contribution is 0.0667. The van der Waals surface area contributed by atoms with Crippen LogP contribution in [-0.2, 0) is 4.74 Å². The van der Waals surface area contributed by atoms with Crippen molar-refractivity contribution in [2.45, 2.75) is 25.8 Å². The van der Waals surface area contributed by atoms with Gasteiger partial charge in [-0.25, -0.2) is 4.68 Å². The summed E-state index contributed by atoms with van der Waals surface area (Å²) in [7, 11) is 0. The summed E-state index contributed by atoms with van der Waals surface area (Å²) in [6.45, 7) is 3.42. The fourth-order valence-electron chi connectivity index (χ4n) is 3.11. The van der Waals surface area contributed by atoms with E-state index < -0.39 is 0 Å². The predicted octanol–water partition coefficient (Wildman–Crippen LogP) is 3.18. The Labute approximate surface area is 149 Å². The Morgan fingerprint density at radius 1 is 1.28 bits per heavy atom. The summed E-state index contributed by atoms with van der Waals surface area (Å²) in [5, 5.41) is 7.82. The second kappa shape index (κ2) is 6.57. The minimum absolute atomic E-state index is 0.107. The Morgan fingerprint density at radius 3 is 2.88 bits per heavy atom. The van der Waals surface area contributed by atoms with Gasteiger partial charge >= 0.3 is 0 Å². The standard InChI is InChI=1S/C17H18ClN3O4/c1-10-6-15(21(20-10)12-2-4-23-5-3-12)19-17(22)11-7-13(18)16-14(8-11)24-9-25-16/h6-8,12H,2-5,9H2,1H3,(H,19,22). The molecule has 1 N–H and O–H groups in total. The molecule has 7 nitrogen and oxygen atoms in total. The SMILES string of the molecule is Cc1cc(NC(=O)c2cc(Cl)c3c(c2)OCO3)n(C2CCOCC2)n1. The predicted molar refractivity (Wildman–Crippen MR) is 91.6 cm³/mol. The largest absolute Gasteiger partial charge is 0.454 e. The number of carbonyl (C=O) groups is 1. The maximum absolute atomic E-state index is 12.7. The van der Waals surface area contributed by atoms with Crippen LogP contribution in [0.5, 0.6) is 11.5 Å². The van der Waals surface area contributed by atoms with Gasteiger partial charge in [0.15, 0.2) is 11.5 Å². The van der Waals surface area contributed by atoms with E-state index in [1.807, 2.05) is 17.7 Å². The number of hydrogen-bond donors (Lipinski definition) is 1. The Hall–Kier alpha value is -2.25. The lowest BCUT2D eigenvalue weighted by Gasteiger charge is -2.24. The number of nitrogens with zero attached hydrogens (tertiary/aromatic N) is 2. The third-order valence-corrected chi connectivity index (χ3v) is 4.61. The fourth-order valence-corrected chi connectivity index (χ4v) is 3.37. The first-order valence-corrected chi connectivity index (χ1v) is 8.54. The molecular weight excluding hydrogens is 346 g/mol. The van der Waals surface area contributed by atoms with E-state index >= 15 is 0 Å². The Morgan fingerprint density at radius 2 is 2.08 bits per heavy atom. The van der Waals surface area contributed by atoms with Crippen molar-refractivity contribution in [3.8, 4) is 11.5 Å². The molecule has 132 valence electrons. The first-order chi connectivity index (χ1) is 12.1. The number of rotatable bonds is 3. The van der Waals surface area contributed by atoms with Gasteiger partial charge in [0, 0.05) is 24.8 Å². The average Bonchev–Trinajstić information content (AvgIpc) is 3.22. The second-order valence-corrected chi connectivity index (χ2v) is 6.51. The Balaban J connectivity index is 1.58. The number of nitrogens with one attached hydrogen (secondary N) is 1. The molecule has 1 saturated heterocycles. The Kier molecular flexibility index (Phi) is 4.27. The molecule has 1 aromatic heterocycles. The van der Waals surface area contributed by atoms with Crippen molar-refractivity contribution >= 4 is 23.3 Å². The molecule has 2 aromatic rings. The van der Waals surface area contributed by atoms with Crippen LogP contribution in [-0.4, -0.2) is 35.7 Å². The zero-order valence-electron chi connectivity index (χ0n) is 13.8. The molecule has 2 aliphatic heterocycles. The van der Waals surface area contributed by atoms with Gasteiger partial charge in [0.05, 0.1) is 16.8 Å². The number of hydrogen-bond acceptors (Lipinski definition) is 5. The first kappa shape index (κ1) is 16.2. The molecule has 1 aromatic carbocycles. The fraction of sp³-hybridized carbons (Fsp3) is 0.412. The zero-order valence-corrected chi connectivity index (χ0v) is 14.5. The van der Waals surface area contributed by atoms with Crippen LogP contribution in [0.15, 0.2) is 18.2 Å². The van der Waals surface area contributed by atoms with Gasteiger partial charge in [-0.2, -0.15) is 5.10 Å². The van der Waals surface area contributed by atoms with Crippen LogP contribution < -0.4 is 14.8 Å². The van der Waals surface area contributed by atoms with Crippen LogP contribution in [0.25, 0.3) is 0 Å². The van der Waals surface area contributed by atoms with Crippen molar-refractivity contribution in [2.75, 3.05) is 25.3 Å². The molecule has 2 aliphatic rings. The van der Waals surface area contributed by atoms with Crippen LogP contribution in [0.2, 0.25) is 5.02 Å². The molecule has 3 heterocycles. The molecule has 4 rings (SSSR count). The van der Waals surface area contributed by atoms with Crippen LogP contribution >= 0.6 is 11.6 Å². The molecule has 1 amide bonds. The van der Waals surface area contributed by atoms with Gasteiger partial charge in [0.2, 0.25) is 6.79 Å². The quantitative estimate of drug-likeness (QED) is 0.906. The van der Waals surface area contributed by atoms with Crippen molar-refractivity contribution in [2.24, 2.45) is 0 Å². The highest BCUT2D eigenvalue weighted by atomic mass is 35.5. The summed E-state index contributed by atoms with van der Waals surface area (Å²) in [6.07, 6.45) is 1.75. The smallest absolute Gasteiger partial charge is 0.257 e. The third-order valence-electron chi connectivity index (χ3n) is 4.33. The van der Waals surface area contributed by atoms with Crippen LogP contribution in [0.4, 0.5) is 5.82 Å². The third kappa shape index (κ3) is 3.17. The van der Waals surface area contributed by atoms with E-state index in [4.69, 9.17) is 25.8 Å². The summed E-state index contributed by atoms with van der Waals surface area (Å²) in [5.41, 5.74) is 1.26. The molecule has 25 heavy (non-hydrogen) atoms. The van der Waals surface area contributed by atoms with Gasteiger partial charge in [-0.15, -0.1) is 0 Å². The topological polar surface area (TPSA) is 74.6 Å². The van der Waals surface area contributed by atoms with E-state index in [1.54, 1.807) is 12.1 Å². The number of halogens is 1. The molecule has 0 unspecified atom stereocenters. The van der Waals surface area contributed by atoms with Crippen LogP contribution in [0.1, 0.15) is 34.9 Å². The maximum atomic E-state index is 12.7. The Bertz CT molecular complexity index is 814. The molecule has 0 radical (unpaired) electrons. The van der Waals surface area contributed by atoms with Crippen molar-refractivity contribution < 1.29 is 19.0 Å². The summed E-state index contributed by atoms with van der Waals surface area (Å²) in [6, 6.07) is 5.29. The number of benzene rings is 1. The normalized spacial score (nSPS) is 16.9. The van der Waals surface area contributed by atoms with E-state index in [9.17, 15) is 4.79 Å². The molecule has 0 bridgehead atoms. The summed E-state index contributed by atoms with van der Waals surface area (Å²) >= 11 is 6.16. The van der Waals surface area contributed by atoms with Crippen molar-refractivity contribution in [3.05, 3.63) is 34.5 Å². The molecule has 0 aliphatic carbocycles. The van der Waals surface area contributed by atoms with Gasteiger partial charge < -0.3 is 19.5 Å². The van der Waals surface area contributed by atoms with E-state index in [1.165, 1.54) is 0 Å². The maximum Gasteiger partial charge on any atom is 0.257 e. The monoisotopic (exact) mass is 363 g/mol. The van der Waals surface area contributed by atoms with Crippen LogP contribution in [0, 0.1) is 6.92 Å². The van der Waals surface area contributed by atoms with E-state index in [-0.39, 0.29) is 18.7 Å². The number of anilines is 1. The lowest BCUT2D eigenvalue weighted by Crippen LogP contribution is -2.23. The molecule has 1 fully saturated rings. The highest BCUT2D eigenvalue weighted by Gasteiger charge is 2.23. The average molecular weight is 364 g/mol. The van der Waals surface area contributed by atoms with E-state index in [0.717, 1.165) is 18.5 Å². The second-order valence-electron chi connectivity index (χ2n) is 6.11. The molecule has 0 atom stereocenters. The number of amides is 1. The molecular formula is C17H18ClN3O4. The summed E-state index contributed by atoms with van der Waals surface area (Å²) in [4.78, 5) is 12.7. The highest BCUT2D eigenvalue weighted by molar-refractivity contribution is 6.32. The number of carbonyl (C=O) groups excluding carboxylic acids is 1. The number of fused-ring (bicyclic) bond motifs is 1. The van der Waals surface area contributed by atoms with E-state index in [0.29, 0.717) is 41.1 Å². The molecule has 0 saturated carbocycles. The highest BCUT2D eigenvalue weighted by Crippen LogP contribution is 2.40.